The normalized spacial score (nSPS) is 10.7. The van der Waals surface area contributed by atoms with Crippen molar-refractivity contribution in [1.82, 2.24) is 19.5 Å². The molecule has 328 valence electrons. The summed E-state index contributed by atoms with van der Waals surface area (Å²) in [6.45, 7) is 0. The van der Waals surface area contributed by atoms with Crippen LogP contribution in [-0.4, -0.2) is 42.2 Å². The lowest BCUT2D eigenvalue weighted by molar-refractivity contribution is 0.0963. The highest BCUT2D eigenvalue weighted by Crippen LogP contribution is 2.32. The van der Waals surface area contributed by atoms with E-state index in [0.717, 1.165) is 35.0 Å². The molecule has 0 aliphatic carbocycles. The third-order valence-electron chi connectivity index (χ3n) is 8.85. The summed E-state index contributed by atoms with van der Waals surface area (Å²) >= 11 is 35.3. The van der Waals surface area contributed by atoms with E-state index < -0.39 is 57.1 Å². The third-order valence-corrected chi connectivity index (χ3v) is 11.2. The number of hydrogen-bond acceptors (Lipinski definition) is 8. The SMILES string of the molecule is C.Nc1ccc(F)c(C(=O)c2c[nH]c3ncc(Br)cc23)c1F.Nc1ccc(F)c(C(=O)c2cn(C(=O)c3c(Cl)cccc3Cl)c3ncc(Br)cc23)c1F.O=C(Cl)c1c(Cl)cccc1Cl. The van der Waals surface area contributed by atoms with Crippen molar-refractivity contribution < 1.29 is 36.7 Å². The molecule has 8 aromatic rings. The summed E-state index contributed by atoms with van der Waals surface area (Å²) in [5.41, 5.74) is 9.40. The van der Waals surface area contributed by atoms with E-state index in [1.54, 1.807) is 36.5 Å². The number of carbonyl (C=O) groups is 4. The van der Waals surface area contributed by atoms with Crippen LogP contribution in [0, 0.1) is 23.3 Å². The molecule has 4 aromatic carbocycles. The number of anilines is 2. The first-order valence-electron chi connectivity index (χ1n) is 17.3. The molecular formula is C43H25Br2Cl5F4N6O4. The van der Waals surface area contributed by atoms with Crippen LogP contribution in [0.5, 0.6) is 0 Å². The van der Waals surface area contributed by atoms with Gasteiger partial charge in [-0.3, -0.25) is 23.7 Å². The van der Waals surface area contributed by atoms with Crippen molar-refractivity contribution in [2.45, 2.75) is 7.43 Å². The second-order valence-corrected chi connectivity index (χ2v) is 16.6. The van der Waals surface area contributed by atoms with Crippen molar-refractivity contribution in [1.29, 1.82) is 0 Å². The van der Waals surface area contributed by atoms with Crippen molar-refractivity contribution in [3.8, 4) is 0 Å². The Morgan fingerprint density at radius 3 is 1.56 bits per heavy atom. The minimum Gasteiger partial charge on any atom is -0.396 e. The summed E-state index contributed by atoms with van der Waals surface area (Å²) in [6, 6.07) is 16.4. The fourth-order valence-electron chi connectivity index (χ4n) is 5.91. The molecule has 0 aliphatic heterocycles. The Morgan fingerprint density at radius 1 is 0.625 bits per heavy atom. The van der Waals surface area contributed by atoms with E-state index in [2.05, 4.69) is 46.8 Å². The number of nitrogens with two attached hydrogens (primary N) is 2. The third kappa shape index (κ3) is 10.1. The summed E-state index contributed by atoms with van der Waals surface area (Å²) in [6.07, 6.45) is 5.48. The second-order valence-electron chi connectivity index (χ2n) is 12.8. The summed E-state index contributed by atoms with van der Waals surface area (Å²) < 4.78 is 58.8. The lowest BCUT2D eigenvalue weighted by Gasteiger charge is -2.07. The van der Waals surface area contributed by atoms with E-state index in [0.29, 0.717) is 20.0 Å². The van der Waals surface area contributed by atoms with Crippen molar-refractivity contribution in [3.63, 3.8) is 0 Å². The zero-order valence-electron chi connectivity index (χ0n) is 31.0. The van der Waals surface area contributed by atoms with Crippen LogP contribution in [0.1, 0.15) is 60.0 Å². The number of nitrogens with zero attached hydrogens (tertiary/aromatic N) is 3. The van der Waals surface area contributed by atoms with Gasteiger partial charge in [0.1, 0.15) is 22.9 Å². The van der Waals surface area contributed by atoms with Gasteiger partial charge in [0, 0.05) is 50.1 Å². The van der Waals surface area contributed by atoms with Gasteiger partial charge in [-0.2, -0.15) is 0 Å². The maximum Gasteiger partial charge on any atom is 0.266 e. The molecule has 8 rings (SSSR count). The number of ketones is 2. The Bertz CT molecular complexity index is 3150. The molecule has 10 nitrogen and oxygen atoms in total. The number of pyridine rings is 2. The number of aromatic nitrogens is 4. The van der Waals surface area contributed by atoms with Crippen molar-refractivity contribution >= 4 is 146 Å². The Labute approximate surface area is 401 Å². The van der Waals surface area contributed by atoms with Crippen LogP contribution in [0.15, 0.2) is 107 Å². The molecule has 5 N–H and O–H groups in total. The van der Waals surface area contributed by atoms with E-state index in [1.165, 1.54) is 30.6 Å². The number of nitrogens with one attached hydrogen (secondary N) is 1. The highest BCUT2D eigenvalue weighted by molar-refractivity contribution is 9.10. The van der Waals surface area contributed by atoms with Crippen molar-refractivity contribution in [2.75, 3.05) is 11.5 Å². The standard InChI is InChI=1S/C21H10BrCl2F2N3O2.C14H8BrF2N3O.C7H3Cl3O.CH4/c22-9-6-10-11(19(30)17-14(25)4-5-15(27)18(17)26)8-29(20(10)28-7-9)21(31)16-12(23)2-1-3-13(16)24;15-6-3-7-8(5-20-14(7)19-4-6)13(21)11-9(16)1-2-10(18)12(11)17;8-4-2-1-3-5(9)6(4)7(10)11;/h1-8H,27H2;1-5H,18H2,(H,19,20);1-3H;1H4. The van der Waals surface area contributed by atoms with E-state index in [4.69, 9.17) is 69.5 Å². The molecule has 0 bridgehead atoms. The highest BCUT2D eigenvalue weighted by atomic mass is 79.9. The topological polar surface area (TPSA) is 167 Å². The van der Waals surface area contributed by atoms with Gasteiger partial charge < -0.3 is 16.5 Å². The number of aromatic amines is 1. The average molecular weight is 1100 g/mol. The second kappa shape index (κ2) is 20.7. The molecular weight excluding hydrogens is 1080 g/mol. The zero-order chi connectivity index (χ0) is 46.0. The van der Waals surface area contributed by atoms with Gasteiger partial charge in [-0.15, -0.1) is 0 Å². The van der Waals surface area contributed by atoms with E-state index in [1.807, 2.05) is 0 Å². The Balaban J connectivity index is 0.000000201. The highest BCUT2D eigenvalue weighted by Gasteiger charge is 2.28. The first-order valence-corrected chi connectivity index (χ1v) is 20.8. The summed E-state index contributed by atoms with van der Waals surface area (Å²) in [5.74, 6) is -6.73. The quantitative estimate of drug-likeness (QED) is 0.0640. The van der Waals surface area contributed by atoms with Gasteiger partial charge in [0.15, 0.2) is 11.6 Å². The molecule has 0 saturated heterocycles. The zero-order valence-corrected chi connectivity index (χ0v) is 38.0. The molecule has 21 heteroatoms. The molecule has 0 radical (unpaired) electrons. The van der Waals surface area contributed by atoms with Crippen LogP contribution < -0.4 is 11.5 Å². The Kier molecular flexibility index (Phi) is 16.0. The Hall–Kier alpha value is -5.33. The van der Waals surface area contributed by atoms with Gasteiger partial charge in [-0.25, -0.2) is 27.5 Å². The average Bonchev–Trinajstić information content (AvgIpc) is 3.82. The van der Waals surface area contributed by atoms with Crippen LogP contribution in [0.3, 0.4) is 0 Å². The summed E-state index contributed by atoms with van der Waals surface area (Å²) in [4.78, 5) is 60.5. The van der Waals surface area contributed by atoms with Gasteiger partial charge in [0.25, 0.3) is 11.1 Å². The van der Waals surface area contributed by atoms with Gasteiger partial charge >= 0.3 is 0 Å². The molecule has 0 fully saturated rings. The summed E-state index contributed by atoms with van der Waals surface area (Å²) in [7, 11) is 0. The van der Waals surface area contributed by atoms with Crippen molar-refractivity contribution in [2.24, 2.45) is 0 Å². The van der Waals surface area contributed by atoms with E-state index >= 15 is 0 Å². The van der Waals surface area contributed by atoms with Crippen LogP contribution in [-0.2, 0) is 0 Å². The Morgan fingerprint density at radius 2 is 1.08 bits per heavy atom. The first-order chi connectivity index (χ1) is 29.8. The largest absolute Gasteiger partial charge is 0.396 e. The van der Waals surface area contributed by atoms with Gasteiger partial charge in [-0.1, -0.05) is 66.0 Å². The molecule has 64 heavy (non-hydrogen) atoms. The van der Waals surface area contributed by atoms with Crippen molar-refractivity contribution in [3.05, 3.63) is 183 Å². The van der Waals surface area contributed by atoms with E-state index in [9.17, 15) is 36.7 Å². The first kappa shape index (κ1) is 49.7. The minimum atomic E-state index is -1.19. The fourth-order valence-corrected chi connectivity index (χ4v) is 8.01. The molecule has 4 aromatic heterocycles. The molecule has 4 heterocycles. The monoisotopic (exact) mass is 1100 g/mol. The van der Waals surface area contributed by atoms with E-state index in [-0.39, 0.29) is 72.2 Å². The maximum atomic E-state index is 14.5. The van der Waals surface area contributed by atoms with Gasteiger partial charge in [-0.05, 0) is 104 Å². The number of nitrogen functional groups attached to an aromatic ring is 2. The molecule has 0 saturated carbocycles. The molecule has 0 amide bonds. The number of rotatable bonds is 6. The van der Waals surface area contributed by atoms with Gasteiger partial charge in [0.2, 0.25) is 11.6 Å². The molecule has 0 spiro atoms. The van der Waals surface area contributed by atoms with Crippen LogP contribution in [0.2, 0.25) is 20.1 Å². The number of halogens is 11. The van der Waals surface area contributed by atoms with Gasteiger partial charge in [0.05, 0.1) is 59.3 Å². The fraction of sp³-hybridized carbons (Fsp3) is 0.0233. The van der Waals surface area contributed by atoms with Crippen LogP contribution in [0.4, 0.5) is 28.9 Å². The number of carbonyl (C=O) groups excluding carboxylic acids is 4. The number of fused-ring (bicyclic) bond motifs is 2. The number of hydrogen-bond donors (Lipinski definition) is 3. The smallest absolute Gasteiger partial charge is 0.266 e. The number of H-pyrrole nitrogens is 1. The lowest BCUT2D eigenvalue weighted by atomic mass is 10.0. The van der Waals surface area contributed by atoms with Crippen LogP contribution in [0.25, 0.3) is 22.1 Å². The molecule has 0 atom stereocenters. The molecule has 0 unspecified atom stereocenters. The van der Waals surface area contributed by atoms with Crippen LogP contribution >= 0.6 is 89.9 Å². The predicted octanol–water partition coefficient (Wildman–Crippen LogP) is 13.3. The number of benzene rings is 4. The summed E-state index contributed by atoms with van der Waals surface area (Å²) in [5, 5.41) is 0.762. The predicted molar refractivity (Wildman–Crippen MR) is 249 cm³/mol. The maximum absolute atomic E-state index is 14.5. The minimum absolute atomic E-state index is 0. The lowest BCUT2D eigenvalue weighted by Crippen LogP contribution is -2.13. The molecule has 0 aliphatic rings.